The fourth-order valence-corrected chi connectivity index (χ4v) is 3.80. The van der Waals surface area contributed by atoms with Crippen LogP contribution in [0.5, 0.6) is 0 Å². The monoisotopic (exact) mass is 322 g/mol. The number of nitrogens with one attached hydrogen (secondary N) is 1. The van der Waals surface area contributed by atoms with E-state index in [9.17, 15) is 13.6 Å². The van der Waals surface area contributed by atoms with Gasteiger partial charge in [-0.15, -0.1) is 0 Å². The highest BCUT2D eigenvalue weighted by molar-refractivity contribution is 5.79. The lowest BCUT2D eigenvalue weighted by Crippen LogP contribution is -2.38. The van der Waals surface area contributed by atoms with Crippen molar-refractivity contribution in [1.29, 1.82) is 0 Å². The highest BCUT2D eigenvalue weighted by atomic mass is 19.1. The molecule has 1 aromatic carbocycles. The maximum absolute atomic E-state index is 13.3. The van der Waals surface area contributed by atoms with E-state index in [0.717, 1.165) is 44.7 Å². The lowest BCUT2D eigenvalue weighted by atomic mass is 10.1. The maximum Gasteiger partial charge on any atom is 0.225 e. The van der Waals surface area contributed by atoms with Crippen molar-refractivity contribution in [2.45, 2.75) is 51.1 Å². The average molecular weight is 322 g/mol. The highest BCUT2D eigenvalue weighted by Crippen LogP contribution is 2.28. The van der Waals surface area contributed by atoms with E-state index in [2.05, 4.69) is 5.32 Å². The molecular weight excluding hydrogens is 298 g/mol. The Bertz CT molecular complexity index is 552. The summed E-state index contributed by atoms with van der Waals surface area (Å²) in [6.07, 6.45) is 5.25. The summed E-state index contributed by atoms with van der Waals surface area (Å²) in [7, 11) is 0. The Morgan fingerprint density at radius 1 is 1.17 bits per heavy atom. The van der Waals surface area contributed by atoms with E-state index >= 15 is 0 Å². The largest absolute Gasteiger partial charge is 0.341 e. The molecule has 1 aliphatic carbocycles. The molecule has 1 N–H and O–H groups in total. The van der Waals surface area contributed by atoms with Crippen LogP contribution in [-0.4, -0.2) is 29.9 Å². The van der Waals surface area contributed by atoms with Crippen molar-refractivity contribution in [1.82, 2.24) is 10.2 Å². The minimum absolute atomic E-state index is 0.147. The molecule has 2 aliphatic rings. The molecule has 0 radical (unpaired) electrons. The van der Waals surface area contributed by atoms with E-state index in [1.165, 1.54) is 12.1 Å². The third-order valence-corrected chi connectivity index (χ3v) is 5.07. The molecule has 2 atom stereocenters. The standard InChI is InChI=1S/C18H24F2N2O/c1-12(14-8-15(19)10-16(20)9-14)21-17-6-7-22(11-17)18(23)13-4-2-3-5-13/h8-10,12-13,17,21H,2-7,11H2,1H3/t12-,17-/m1/s1. The zero-order chi connectivity index (χ0) is 16.4. The van der Waals surface area contributed by atoms with Gasteiger partial charge in [0.15, 0.2) is 0 Å². The van der Waals surface area contributed by atoms with E-state index < -0.39 is 11.6 Å². The zero-order valence-electron chi connectivity index (χ0n) is 13.5. The fourth-order valence-electron chi connectivity index (χ4n) is 3.80. The summed E-state index contributed by atoms with van der Waals surface area (Å²) in [5.41, 5.74) is 0.600. The lowest BCUT2D eigenvalue weighted by molar-refractivity contribution is -0.134. The Morgan fingerprint density at radius 3 is 2.48 bits per heavy atom. The Morgan fingerprint density at radius 2 is 1.83 bits per heavy atom. The second-order valence-corrected chi connectivity index (χ2v) is 6.84. The SMILES string of the molecule is C[C@@H](N[C@@H]1CCN(C(=O)C2CCCC2)C1)c1cc(F)cc(F)c1. The summed E-state index contributed by atoms with van der Waals surface area (Å²) in [6.45, 7) is 3.37. The number of benzene rings is 1. The van der Waals surface area contributed by atoms with Gasteiger partial charge in [-0.2, -0.15) is 0 Å². The molecule has 0 spiro atoms. The number of likely N-dealkylation sites (tertiary alicyclic amines) is 1. The van der Waals surface area contributed by atoms with Crippen LogP contribution < -0.4 is 5.32 Å². The van der Waals surface area contributed by atoms with E-state index in [0.29, 0.717) is 12.1 Å². The molecule has 3 rings (SSSR count). The van der Waals surface area contributed by atoms with Crippen LogP contribution in [0.25, 0.3) is 0 Å². The number of rotatable bonds is 4. The number of carbonyl (C=O) groups excluding carboxylic acids is 1. The molecule has 1 amide bonds. The summed E-state index contributed by atoms with van der Waals surface area (Å²) in [4.78, 5) is 14.4. The van der Waals surface area contributed by atoms with E-state index in [4.69, 9.17) is 0 Å². The topological polar surface area (TPSA) is 32.3 Å². The molecule has 1 aromatic rings. The quantitative estimate of drug-likeness (QED) is 0.921. The van der Waals surface area contributed by atoms with E-state index in [1.54, 1.807) is 0 Å². The number of hydrogen-bond donors (Lipinski definition) is 1. The number of halogens is 2. The molecule has 1 heterocycles. The van der Waals surface area contributed by atoms with Gasteiger partial charge in [0, 0.05) is 37.2 Å². The van der Waals surface area contributed by atoms with Gasteiger partial charge in [0.25, 0.3) is 0 Å². The third kappa shape index (κ3) is 3.89. The molecule has 126 valence electrons. The lowest BCUT2D eigenvalue weighted by Gasteiger charge is -2.22. The van der Waals surface area contributed by atoms with Gasteiger partial charge in [0.1, 0.15) is 11.6 Å². The Balaban J connectivity index is 1.55. The summed E-state index contributed by atoms with van der Waals surface area (Å²) >= 11 is 0. The molecule has 0 bridgehead atoms. The van der Waals surface area contributed by atoms with Crippen LogP contribution in [-0.2, 0) is 4.79 Å². The molecule has 3 nitrogen and oxygen atoms in total. The zero-order valence-corrected chi connectivity index (χ0v) is 13.5. The van der Waals surface area contributed by atoms with Crippen LogP contribution in [0.2, 0.25) is 0 Å². The molecule has 1 saturated carbocycles. The maximum atomic E-state index is 13.3. The van der Waals surface area contributed by atoms with Crippen molar-refractivity contribution >= 4 is 5.91 Å². The van der Waals surface area contributed by atoms with Gasteiger partial charge in [-0.05, 0) is 43.9 Å². The number of nitrogens with zero attached hydrogens (tertiary/aromatic N) is 1. The van der Waals surface area contributed by atoms with Crippen LogP contribution in [0.15, 0.2) is 18.2 Å². The van der Waals surface area contributed by atoms with Gasteiger partial charge in [-0.25, -0.2) is 8.78 Å². The molecule has 1 aliphatic heterocycles. The summed E-state index contributed by atoms with van der Waals surface area (Å²) in [5.74, 6) is -0.615. The first kappa shape index (κ1) is 16.4. The molecule has 0 unspecified atom stereocenters. The molecular formula is C18H24F2N2O. The van der Waals surface area contributed by atoms with Gasteiger partial charge in [-0.1, -0.05) is 12.8 Å². The van der Waals surface area contributed by atoms with E-state index in [1.807, 2.05) is 11.8 Å². The normalized spacial score (nSPS) is 23.4. The molecule has 0 aromatic heterocycles. The van der Waals surface area contributed by atoms with Gasteiger partial charge in [0.05, 0.1) is 0 Å². The summed E-state index contributed by atoms with van der Waals surface area (Å²) in [6, 6.07) is 3.63. The smallest absolute Gasteiger partial charge is 0.225 e. The first-order valence-electron chi connectivity index (χ1n) is 8.54. The van der Waals surface area contributed by atoms with E-state index in [-0.39, 0.29) is 23.9 Å². The van der Waals surface area contributed by atoms with Crippen molar-refractivity contribution in [3.05, 3.63) is 35.4 Å². The first-order valence-corrected chi connectivity index (χ1v) is 8.54. The molecule has 23 heavy (non-hydrogen) atoms. The molecule has 5 heteroatoms. The summed E-state index contributed by atoms with van der Waals surface area (Å²) in [5, 5.41) is 3.40. The second-order valence-electron chi connectivity index (χ2n) is 6.84. The predicted octanol–water partition coefficient (Wildman–Crippen LogP) is 3.41. The van der Waals surface area contributed by atoms with Crippen molar-refractivity contribution in [2.24, 2.45) is 5.92 Å². The van der Waals surface area contributed by atoms with Crippen molar-refractivity contribution in [3.63, 3.8) is 0 Å². The Kier molecular flexibility index (Phi) is 4.95. The van der Waals surface area contributed by atoms with Crippen molar-refractivity contribution < 1.29 is 13.6 Å². The number of carbonyl (C=O) groups is 1. The van der Waals surface area contributed by atoms with Crippen LogP contribution in [0.3, 0.4) is 0 Å². The fraction of sp³-hybridized carbons (Fsp3) is 0.611. The average Bonchev–Trinajstić information content (AvgIpc) is 3.17. The minimum Gasteiger partial charge on any atom is -0.341 e. The van der Waals surface area contributed by atoms with Crippen LogP contribution in [0.1, 0.15) is 50.6 Å². The van der Waals surface area contributed by atoms with Crippen molar-refractivity contribution in [2.75, 3.05) is 13.1 Å². The number of hydrogen-bond acceptors (Lipinski definition) is 2. The summed E-state index contributed by atoms with van der Waals surface area (Å²) < 4.78 is 26.6. The highest BCUT2D eigenvalue weighted by Gasteiger charge is 2.32. The Hall–Kier alpha value is -1.49. The van der Waals surface area contributed by atoms with Gasteiger partial charge in [-0.3, -0.25) is 4.79 Å². The molecule has 2 fully saturated rings. The van der Waals surface area contributed by atoms with Gasteiger partial charge < -0.3 is 10.2 Å². The predicted molar refractivity (Wildman–Crippen MR) is 84.9 cm³/mol. The second kappa shape index (κ2) is 6.95. The van der Waals surface area contributed by atoms with Gasteiger partial charge in [0.2, 0.25) is 5.91 Å². The van der Waals surface area contributed by atoms with Crippen molar-refractivity contribution in [3.8, 4) is 0 Å². The first-order chi connectivity index (χ1) is 11.0. The van der Waals surface area contributed by atoms with Crippen LogP contribution >= 0.6 is 0 Å². The third-order valence-electron chi connectivity index (χ3n) is 5.07. The minimum atomic E-state index is -0.557. The molecule has 1 saturated heterocycles. The number of amides is 1. The van der Waals surface area contributed by atoms with Gasteiger partial charge >= 0.3 is 0 Å². The Labute approximate surface area is 136 Å². The van der Waals surface area contributed by atoms with Crippen LogP contribution in [0, 0.1) is 17.6 Å². The van der Waals surface area contributed by atoms with Crippen LogP contribution in [0.4, 0.5) is 8.78 Å².